The van der Waals surface area contributed by atoms with Crippen LogP contribution in [0, 0.1) is 11.3 Å². The van der Waals surface area contributed by atoms with Crippen LogP contribution in [0.15, 0.2) is 18.2 Å². The number of carbonyl (C=O) groups excluding carboxylic acids is 3. The van der Waals surface area contributed by atoms with Crippen molar-refractivity contribution in [2.45, 2.75) is 33.6 Å². The Morgan fingerprint density at radius 1 is 1.36 bits per heavy atom. The van der Waals surface area contributed by atoms with Crippen LogP contribution in [0.2, 0.25) is 5.02 Å². The molecule has 0 N–H and O–H groups in total. The molecule has 0 radical (unpaired) electrons. The van der Waals surface area contributed by atoms with Gasteiger partial charge in [-0.2, -0.15) is 0 Å². The van der Waals surface area contributed by atoms with Crippen LogP contribution in [0.25, 0.3) is 0 Å². The highest BCUT2D eigenvalue weighted by molar-refractivity contribution is 6.31. The zero-order valence-corrected chi connectivity index (χ0v) is 13.7. The number of ether oxygens (including phenoxy) is 1. The molecule has 5 heteroatoms. The quantitative estimate of drug-likeness (QED) is 0.629. The van der Waals surface area contributed by atoms with Crippen LogP contribution in [0.3, 0.4) is 0 Å². The Morgan fingerprint density at radius 3 is 2.68 bits per heavy atom. The van der Waals surface area contributed by atoms with E-state index in [2.05, 4.69) is 0 Å². The molecule has 0 aromatic heterocycles. The Labute approximate surface area is 134 Å². The number of hydrogen-bond acceptors (Lipinski definition) is 4. The summed E-state index contributed by atoms with van der Waals surface area (Å²) in [5.41, 5.74) is -0.428. The Balaban J connectivity index is 2.42. The Bertz CT molecular complexity index is 634. The molecule has 1 aliphatic carbocycles. The molecule has 4 nitrogen and oxygen atoms in total. The molecule has 1 saturated carbocycles. The lowest BCUT2D eigenvalue weighted by atomic mass is 9.68. The third kappa shape index (κ3) is 3.07. The molecule has 0 bridgehead atoms. The minimum absolute atomic E-state index is 0.232. The van der Waals surface area contributed by atoms with E-state index in [1.165, 1.54) is 12.1 Å². The topological polar surface area (TPSA) is 60.4 Å². The molecule has 0 saturated heterocycles. The van der Waals surface area contributed by atoms with Crippen LogP contribution < -0.4 is 4.74 Å². The maximum atomic E-state index is 12.8. The number of halogens is 1. The molecule has 1 aromatic rings. The zero-order valence-electron chi connectivity index (χ0n) is 12.9. The van der Waals surface area contributed by atoms with E-state index in [4.69, 9.17) is 16.3 Å². The smallest absolute Gasteiger partial charge is 0.184 e. The van der Waals surface area contributed by atoms with Crippen molar-refractivity contribution in [1.29, 1.82) is 0 Å². The summed E-state index contributed by atoms with van der Waals surface area (Å²) in [6.45, 7) is 5.69. The SMILES string of the molecule is CCOc1cc(Cl)ccc1C(=O)C1C(=O)CCC(C)(C)C1=O. The summed E-state index contributed by atoms with van der Waals surface area (Å²) in [5, 5.41) is 0.432. The molecule has 1 aromatic carbocycles. The maximum Gasteiger partial charge on any atom is 0.184 e. The van der Waals surface area contributed by atoms with Gasteiger partial charge in [0.1, 0.15) is 11.7 Å². The van der Waals surface area contributed by atoms with Crippen LogP contribution in [0.5, 0.6) is 5.75 Å². The van der Waals surface area contributed by atoms with Crippen molar-refractivity contribution in [1.82, 2.24) is 0 Å². The van der Waals surface area contributed by atoms with Gasteiger partial charge in [0.2, 0.25) is 0 Å². The standard InChI is InChI=1S/C17H19ClO4/c1-4-22-13-9-10(18)5-6-11(13)15(20)14-12(19)7-8-17(2,3)16(14)21/h5-6,9,14H,4,7-8H2,1-3H3. The minimum Gasteiger partial charge on any atom is -0.493 e. The van der Waals surface area contributed by atoms with Gasteiger partial charge < -0.3 is 4.74 Å². The Kier molecular flexibility index (Phi) is 4.71. The molecule has 1 unspecified atom stereocenters. The highest BCUT2D eigenvalue weighted by Gasteiger charge is 2.46. The summed E-state index contributed by atoms with van der Waals surface area (Å²) in [4.78, 5) is 37.4. The van der Waals surface area contributed by atoms with E-state index in [1.54, 1.807) is 26.8 Å². The van der Waals surface area contributed by atoms with E-state index in [9.17, 15) is 14.4 Å². The zero-order chi connectivity index (χ0) is 16.5. The third-order valence-electron chi connectivity index (χ3n) is 4.02. The van der Waals surface area contributed by atoms with Gasteiger partial charge in [0.25, 0.3) is 0 Å². The van der Waals surface area contributed by atoms with Crippen molar-refractivity contribution in [3.63, 3.8) is 0 Å². The van der Waals surface area contributed by atoms with Crippen molar-refractivity contribution >= 4 is 29.0 Å². The fraction of sp³-hybridized carbons (Fsp3) is 0.471. The molecule has 1 atom stereocenters. The molecule has 1 aliphatic rings. The van der Waals surface area contributed by atoms with Gasteiger partial charge >= 0.3 is 0 Å². The lowest BCUT2D eigenvalue weighted by molar-refractivity contribution is -0.140. The van der Waals surface area contributed by atoms with Crippen molar-refractivity contribution in [2.24, 2.45) is 11.3 Å². The molecule has 118 valence electrons. The van der Waals surface area contributed by atoms with Crippen molar-refractivity contribution in [3.8, 4) is 5.75 Å². The predicted octanol–water partition coefficient (Wildman–Crippen LogP) is 3.50. The van der Waals surface area contributed by atoms with Crippen molar-refractivity contribution in [3.05, 3.63) is 28.8 Å². The highest BCUT2D eigenvalue weighted by Crippen LogP contribution is 2.36. The van der Waals surface area contributed by atoms with E-state index in [0.29, 0.717) is 23.8 Å². The van der Waals surface area contributed by atoms with Gasteiger partial charge in [0, 0.05) is 16.9 Å². The number of benzene rings is 1. The monoisotopic (exact) mass is 322 g/mol. The lowest BCUT2D eigenvalue weighted by Crippen LogP contribution is -2.44. The van der Waals surface area contributed by atoms with Crippen molar-refractivity contribution in [2.75, 3.05) is 6.61 Å². The van der Waals surface area contributed by atoms with Gasteiger partial charge in [-0.3, -0.25) is 14.4 Å². The van der Waals surface area contributed by atoms with Crippen LogP contribution in [-0.4, -0.2) is 24.0 Å². The van der Waals surface area contributed by atoms with Gasteiger partial charge in [-0.05, 0) is 31.5 Å². The number of Topliss-reactive ketones (excluding diaryl/α,β-unsaturated/α-hetero) is 3. The number of rotatable bonds is 4. The molecular formula is C17H19ClO4. The second-order valence-corrected chi connectivity index (χ2v) is 6.52. The summed E-state index contributed by atoms with van der Waals surface area (Å²) in [5.74, 6) is -2.05. The van der Waals surface area contributed by atoms with Crippen LogP contribution in [0.4, 0.5) is 0 Å². The molecule has 0 heterocycles. The van der Waals surface area contributed by atoms with Crippen molar-refractivity contribution < 1.29 is 19.1 Å². The first kappa shape index (κ1) is 16.7. The summed E-state index contributed by atoms with van der Waals surface area (Å²) in [7, 11) is 0. The lowest BCUT2D eigenvalue weighted by Gasteiger charge is -2.32. The molecule has 0 amide bonds. The van der Waals surface area contributed by atoms with Crippen LogP contribution in [-0.2, 0) is 9.59 Å². The van der Waals surface area contributed by atoms with Gasteiger partial charge in [-0.1, -0.05) is 25.4 Å². The fourth-order valence-corrected chi connectivity index (χ4v) is 2.80. The van der Waals surface area contributed by atoms with E-state index >= 15 is 0 Å². The van der Waals surface area contributed by atoms with Gasteiger partial charge in [0.05, 0.1) is 12.2 Å². The van der Waals surface area contributed by atoms with Gasteiger partial charge in [-0.15, -0.1) is 0 Å². The molecule has 1 fully saturated rings. The first-order chi connectivity index (χ1) is 10.3. The number of carbonyl (C=O) groups is 3. The molecular weight excluding hydrogens is 304 g/mol. The second kappa shape index (κ2) is 6.21. The predicted molar refractivity (Wildman–Crippen MR) is 83.5 cm³/mol. The average Bonchev–Trinajstić information content (AvgIpc) is 2.44. The maximum absolute atomic E-state index is 12.8. The Hall–Kier alpha value is -1.68. The third-order valence-corrected chi connectivity index (χ3v) is 4.25. The number of ketones is 3. The summed E-state index contributed by atoms with van der Waals surface area (Å²) >= 11 is 5.92. The van der Waals surface area contributed by atoms with E-state index in [-0.39, 0.29) is 23.6 Å². The first-order valence-electron chi connectivity index (χ1n) is 7.31. The highest BCUT2D eigenvalue weighted by atomic mass is 35.5. The molecule has 0 aliphatic heterocycles. The first-order valence-corrected chi connectivity index (χ1v) is 7.69. The van der Waals surface area contributed by atoms with Crippen LogP contribution in [0.1, 0.15) is 44.0 Å². The summed E-state index contributed by atoms with van der Waals surface area (Å²) in [6, 6.07) is 4.60. The van der Waals surface area contributed by atoms with E-state index in [0.717, 1.165) is 0 Å². The number of hydrogen-bond donors (Lipinski definition) is 0. The minimum atomic E-state index is -1.23. The largest absolute Gasteiger partial charge is 0.493 e. The van der Waals surface area contributed by atoms with Gasteiger partial charge in [0.15, 0.2) is 17.3 Å². The summed E-state index contributed by atoms with van der Waals surface area (Å²) in [6.07, 6.45) is 0.722. The Morgan fingerprint density at radius 2 is 2.05 bits per heavy atom. The van der Waals surface area contributed by atoms with Crippen LogP contribution >= 0.6 is 11.6 Å². The molecule has 22 heavy (non-hydrogen) atoms. The summed E-state index contributed by atoms with van der Waals surface area (Å²) < 4.78 is 5.42. The normalized spacial score (nSPS) is 20.8. The fourth-order valence-electron chi connectivity index (χ4n) is 2.64. The molecule has 0 spiro atoms. The second-order valence-electron chi connectivity index (χ2n) is 6.09. The van der Waals surface area contributed by atoms with E-state index < -0.39 is 17.1 Å². The van der Waals surface area contributed by atoms with E-state index in [1.807, 2.05) is 0 Å². The molecule has 2 rings (SSSR count). The van der Waals surface area contributed by atoms with Gasteiger partial charge in [-0.25, -0.2) is 0 Å². The average molecular weight is 323 g/mol.